The van der Waals surface area contributed by atoms with Crippen molar-refractivity contribution in [2.75, 3.05) is 6.54 Å². The highest BCUT2D eigenvalue weighted by Gasteiger charge is 2.47. The first-order chi connectivity index (χ1) is 7.49. The van der Waals surface area contributed by atoms with E-state index < -0.39 is 0 Å². The zero-order chi connectivity index (χ0) is 11.9. The Labute approximate surface area is 93.1 Å². The van der Waals surface area contributed by atoms with Crippen LogP contribution in [0.25, 0.3) is 0 Å². The van der Waals surface area contributed by atoms with E-state index in [0.717, 1.165) is 5.01 Å². The van der Waals surface area contributed by atoms with E-state index in [4.69, 9.17) is 4.74 Å². The maximum absolute atomic E-state index is 11.5. The van der Waals surface area contributed by atoms with Gasteiger partial charge in [0, 0.05) is 32.7 Å². The molecule has 2 rings (SSSR count). The molecule has 0 spiro atoms. The van der Waals surface area contributed by atoms with Crippen LogP contribution in [0.5, 0.6) is 0 Å². The summed E-state index contributed by atoms with van der Waals surface area (Å²) in [6.07, 6.45) is 0.740. The summed E-state index contributed by atoms with van der Waals surface area (Å²) in [5.74, 6) is -0.776. The number of esters is 1. The summed E-state index contributed by atoms with van der Waals surface area (Å²) in [5.41, 5.74) is 0. The Balaban J connectivity index is 2.05. The topological polar surface area (TPSA) is 66.9 Å². The van der Waals surface area contributed by atoms with Gasteiger partial charge in [0.25, 0.3) is 0 Å². The minimum atomic E-state index is -0.327. The Hall–Kier alpha value is -1.43. The number of hydrazine groups is 1. The number of carbonyl (C=O) groups excluding carboxylic acids is 3. The molecule has 2 heterocycles. The molecule has 2 aliphatic rings. The second kappa shape index (κ2) is 3.86. The molecule has 2 atom stereocenters. The first-order valence-electron chi connectivity index (χ1n) is 5.26. The van der Waals surface area contributed by atoms with E-state index in [2.05, 4.69) is 0 Å². The molecule has 0 bridgehead atoms. The van der Waals surface area contributed by atoms with Crippen molar-refractivity contribution in [3.05, 3.63) is 0 Å². The van der Waals surface area contributed by atoms with Crippen LogP contribution in [0, 0.1) is 0 Å². The van der Waals surface area contributed by atoms with Gasteiger partial charge in [0.15, 0.2) is 0 Å². The minimum Gasteiger partial charge on any atom is -0.461 e. The zero-order valence-electron chi connectivity index (χ0n) is 9.30. The average molecular weight is 226 g/mol. The molecule has 6 heteroatoms. The number of hydrogen-bond acceptors (Lipinski definition) is 5. The summed E-state index contributed by atoms with van der Waals surface area (Å²) in [4.78, 5) is 33.6. The summed E-state index contributed by atoms with van der Waals surface area (Å²) in [5, 5.41) is 2.87. The lowest BCUT2D eigenvalue weighted by molar-refractivity contribution is -0.155. The van der Waals surface area contributed by atoms with Crippen LogP contribution in [-0.4, -0.2) is 46.5 Å². The third kappa shape index (κ3) is 1.80. The first-order valence-corrected chi connectivity index (χ1v) is 5.26. The van der Waals surface area contributed by atoms with Crippen molar-refractivity contribution in [2.24, 2.45) is 0 Å². The van der Waals surface area contributed by atoms with Crippen LogP contribution in [0.1, 0.15) is 26.7 Å². The number of hydrogen-bond donors (Lipinski definition) is 0. The number of rotatable bonds is 1. The van der Waals surface area contributed by atoms with Crippen LogP contribution in [0.3, 0.4) is 0 Å². The molecule has 2 saturated heterocycles. The minimum absolute atomic E-state index is 0.000694. The van der Waals surface area contributed by atoms with Crippen molar-refractivity contribution in [3.63, 3.8) is 0 Å². The van der Waals surface area contributed by atoms with Gasteiger partial charge in [0.2, 0.25) is 11.8 Å². The van der Waals surface area contributed by atoms with Gasteiger partial charge in [-0.15, -0.1) is 0 Å². The normalized spacial score (nSPS) is 29.4. The maximum Gasteiger partial charge on any atom is 0.302 e. The third-order valence-corrected chi connectivity index (χ3v) is 2.88. The zero-order valence-corrected chi connectivity index (χ0v) is 9.30. The van der Waals surface area contributed by atoms with Gasteiger partial charge < -0.3 is 4.74 Å². The molecule has 2 fully saturated rings. The molecule has 0 aromatic carbocycles. The molecule has 88 valence electrons. The number of nitrogens with zero attached hydrogens (tertiary/aromatic N) is 2. The van der Waals surface area contributed by atoms with Crippen LogP contribution in [0.4, 0.5) is 0 Å². The molecule has 0 aliphatic carbocycles. The van der Waals surface area contributed by atoms with Crippen molar-refractivity contribution in [1.29, 1.82) is 0 Å². The van der Waals surface area contributed by atoms with E-state index in [1.54, 1.807) is 5.01 Å². The van der Waals surface area contributed by atoms with Crippen molar-refractivity contribution in [3.8, 4) is 0 Å². The van der Waals surface area contributed by atoms with Gasteiger partial charge in [-0.2, -0.15) is 0 Å². The van der Waals surface area contributed by atoms with Crippen LogP contribution in [0.15, 0.2) is 0 Å². The highest BCUT2D eigenvalue weighted by atomic mass is 16.5. The summed E-state index contributed by atoms with van der Waals surface area (Å²) in [7, 11) is 0. The molecule has 0 saturated carbocycles. The molecular weight excluding hydrogens is 212 g/mol. The van der Waals surface area contributed by atoms with Crippen LogP contribution in [-0.2, 0) is 19.1 Å². The van der Waals surface area contributed by atoms with Gasteiger partial charge in [0.1, 0.15) is 6.10 Å². The van der Waals surface area contributed by atoms with Crippen LogP contribution in [0.2, 0.25) is 0 Å². The Morgan fingerprint density at radius 1 is 1.38 bits per heavy atom. The summed E-state index contributed by atoms with van der Waals surface area (Å²) in [6.45, 7) is 3.15. The predicted molar refractivity (Wildman–Crippen MR) is 52.8 cm³/mol. The average Bonchev–Trinajstić information content (AvgIpc) is 2.57. The second-order valence-corrected chi connectivity index (χ2v) is 4.17. The number of ether oxygens (including phenoxy) is 1. The number of imide groups is 1. The molecule has 2 amide bonds. The van der Waals surface area contributed by atoms with E-state index in [1.807, 2.05) is 0 Å². The predicted octanol–water partition coefficient (Wildman–Crippen LogP) is -0.314. The Kier molecular flexibility index (Phi) is 2.67. The van der Waals surface area contributed by atoms with Gasteiger partial charge in [-0.1, -0.05) is 0 Å². The molecule has 0 aromatic heterocycles. The van der Waals surface area contributed by atoms with Gasteiger partial charge in [-0.25, -0.2) is 10.0 Å². The number of amides is 2. The lowest BCUT2D eigenvalue weighted by Crippen LogP contribution is -2.43. The van der Waals surface area contributed by atoms with Crippen LogP contribution >= 0.6 is 0 Å². The molecule has 2 aliphatic heterocycles. The van der Waals surface area contributed by atoms with E-state index in [0.29, 0.717) is 19.4 Å². The SMILES string of the molecule is CC(=O)O[C@H]1C[C@@H]2CC(=O)N(C(C)=O)N2C1. The molecule has 6 nitrogen and oxygen atoms in total. The van der Waals surface area contributed by atoms with Crippen molar-refractivity contribution < 1.29 is 19.1 Å². The fourth-order valence-corrected chi connectivity index (χ4v) is 2.40. The third-order valence-electron chi connectivity index (χ3n) is 2.88. The standard InChI is InChI=1S/C10H14N2O4/c1-6(13)12-10(15)4-8-3-9(5-11(8)12)16-7(2)14/h8-9H,3-5H2,1-2H3/t8-,9+/m1/s1. The molecule has 0 aromatic rings. The number of fused-ring (bicyclic) bond motifs is 1. The Morgan fingerprint density at radius 3 is 2.62 bits per heavy atom. The molecule has 0 radical (unpaired) electrons. The summed E-state index contributed by atoms with van der Waals surface area (Å²) >= 11 is 0. The Bertz CT molecular complexity index is 355. The van der Waals surface area contributed by atoms with E-state index in [9.17, 15) is 14.4 Å². The van der Waals surface area contributed by atoms with Gasteiger partial charge in [0.05, 0.1) is 6.54 Å². The number of carbonyl (C=O) groups is 3. The highest BCUT2D eigenvalue weighted by Crippen LogP contribution is 2.31. The fraction of sp³-hybridized carbons (Fsp3) is 0.700. The van der Waals surface area contributed by atoms with Crippen molar-refractivity contribution >= 4 is 17.8 Å². The summed E-state index contributed by atoms with van der Waals surface area (Å²) in [6, 6.07) is 0.000694. The van der Waals surface area contributed by atoms with Gasteiger partial charge in [-0.3, -0.25) is 14.4 Å². The quantitative estimate of drug-likeness (QED) is 0.573. The van der Waals surface area contributed by atoms with Crippen molar-refractivity contribution in [2.45, 2.75) is 38.8 Å². The van der Waals surface area contributed by atoms with E-state index in [1.165, 1.54) is 13.8 Å². The largest absolute Gasteiger partial charge is 0.461 e. The van der Waals surface area contributed by atoms with Gasteiger partial charge >= 0.3 is 5.97 Å². The smallest absolute Gasteiger partial charge is 0.302 e. The lowest BCUT2D eigenvalue weighted by atomic mass is 10.1. The monoisotopic (exact) mass is 226 g/mol. The van der Waals surface area contributed by atoms with Gasteiger partial charge in [-0.05, 0) is 0 Å². The fourth-order valence-electron chi connectivity index (χ4n) is 2.40. The van der Waals surface area contributed by atoms with Crippen LogP contribution < -0.4 is 0 Å². The second-order valence-electron chi connectivity index (χ2n) is 4.17. The first kappa shape index (κ1) is 11.1. The molecule has 0 unspecified atom stereocenters. The Morgan fingerprint density at radius 2 is 2.06 bits per heavy atom. The van der Waals surface area contributed by atoms with Crippen molar-refractivity contribution in [1.82, 2.24) is 10.0 Å². The molecule has 0 N–H and O–H groups in total. The van der Waals surface area contributed by atoms with E-state index >= 15 is 0 Å². The molecular formula is C10H14N2O4. The lowest BCUT2D eigenvalue weighted by Gasteiger charge is -2.24. The highest BCUT2D eigenvalue weighted by molar-refractivity contribution is 5.95. The molecule has 16 heavy (non-hydrogen) atoms. The van der Waals surface area contributed by atoms with E-state index in [-0.39, 0.29) is 29.9 Å². The maximum atomic E-state index is 11.5. The summed E-state index contributed by atoms with van der Waals surface area (Å²) < 4.78 is 5.08.